The first-order chi connectivity index (χ1) is 34.3. The molecule has 28 atom stereocenters. The van der Waals surface area contributed by atoms with Crippen molar-refractivity contribution in [2.75, 3.05) is 19.8 Å². The van der Waals surface area contributed by atoms with Gasteiger partial charge in [0.2, 0.25) is 6.29 Å². The zero-order valence-electron chi connectivity index (χ0n) is 42.7. The van der Waals surface area contributed by atoms with Gasteiger partial charge in [-0.15, -0.1) is 0 Å². The Labute approximate surface area is 426 Å². The number of carbonyl (C=O) groups is 1. The topological polar surface area (TPSA) is 334 Å². The number of hydrogen-bond donors (Lipinski definition) is 12. The van der Waals surface area contributed by atoms with E-state index in [1.54, 1.807) is 0 Å². The molecule has 4 saturated carbocycles. The third kappa shape index (κ3) is 9.41. The number of aliphatic hydroxyl groups is 12. The van der Waals surface area contributed by atoms with Gasteiger partial charge in [-0.3, -0.25) is 4.79 Å². The van der Waals surface area contributed by atoms with E-state index >= 15 is 0 Å². The molecule has 9 rings (SSSR count). The standard InChI is InChI=1S/C52H82O21/c1-21-16-24-23(10-14-51(6)26(24)8-9-31-50(5)13-12-32(49(3,4)30(50)11-15-52(31,51)7)71-46-39(61)34(56)27(54)19-66-46)25(17-21)44(65)73-48-41(63)37(59)35(57)29(70-48)20-67-45-42(64)38(60)43(28(18-53)69-45)72-47-40(62)36(58)33(55)22(2)68-47/h8,22-25,27-43,45-48,53-64H,1,9-20H2,2-7H3. The van der Waals surface area contributed by atoms with Crippen LogP contribution >= 0.6 is 0 Å². The molecule has 28 unspecified atom stereocenters. The van der Waals surface area contributed by atoms with Crippen LogP contribution in [-0.4, -0.2) is 210 Å². The average Bonchev–Trinajstić information content (AvgIpc) is 3.34. The molecule has 0 amide bonds. The summed E-state index contributed by atoms with van der Waals surface area (Å²) in [5, 5.41) is 127. The van der Waals surface area contributed by atoms with Crippen LogP contribution in [-0.2, 0) is 42.7 Å². The van der Waals surface area contributed by atoms with Crippen molar-refractivity contribution in [3.05, 3.63) is 23.8 Å². The lowest BCUT2D eigenvalue weighted by molar-refractivity contribution is -0.361. The third-order valence-electron chi connectivity index (χ3n) is 20.2. The SMILES string of the molecule is C=C1CC(C(=O)OC2OC(COC3OC(CO)C(OC4OC(C)C(O)C(O)C4O)C(O)C3O)C(O)C(O)C2O)C2CCC3(C)C(=CCC4C5(C)CCC(OC6OCC(O)C(O)C6O)C(C)(C)C5CCC43C)C2C1. The number of hydrogen-bond acceptors (Lipinski definition) is 21. The summed E-state index contributed by atoms with van der Waals surface area (Å²) in [7, 11) is 0. The molecule has 9 aliphatic rings. The van der Waals surface area contributed by atoms with Gasteiger partial charge in [-0.2, -0.15) is 0 Å². The number of fused-ring (bicyclic) bond motifs is 7. The summed E-state index contributed by atoms with van der Waals surface area (Å²) < 4.78 is 46.5. The van der Waals surface area contributed by atoms with Gasteiger partial charge in [-0.05, 0) is 110 Å². The Morgan fingerprint density at radius 2 is 1.34 bits per heavy atom. The van der Waals surface area contributed by atoms with Crippen molar-refractivity contribution in [1.29, 1.82) is 0 Å². The number of rotatable bonds is 10. The molecule has 4 heterocycles. The van der Waals surface area contributed by atoms with Crippen LogP contribution in [0.4, 0.5) is 0 Å². The van der Waals surface area contributed by atoms with E-state index in [0.717, 1.165) is 50.5 Å². The highest BCUT2D eigenvalue weighted by atomic mass is 16.8. The van der Waals surface area contributed by atoms with Gasteiger partial charge in [-0.25, -0.2) is 0 Å². The number of ether oxygens (including phenoxy) is 8. The minimum absolute atomic E-state index is 0.0105. The Balaban J connectivity index is 0.847. The Hall–Kier alpha value is -1.81. The van der Waals surface area contributed by atoms with Crippen molar-refractivity contribution in [2.45, 2.75) is 222 Å². The van der Waals surface area contributed by atoms with Crippen molar-refractivity contribution in [1.82, 2.24) is 0 Å². The number of aliphatic hydroxyl groups excluding tert-OH is 12. The zero-order valence-corrected chi connectivity index (χ0v) is 42.7. The summed E-state index contributed by atoms with van der Waals surface area (Å²) in [6.45, 7) is 16.1. The van der Waals surface area contributed by atoms with Gasteiger partial charge in [0.1, 0.15) is 85.5 Å². The summed E-state index contributed by atoms with van der Waals surface area (Å²) in [6.07, 6.45) is -19.9. The highest BCUT2D eigenvalue weighted by Gasteiger charge is 2.68. The molecular weight excluding hydrogens is 961 g/mol. The fraction of sp³-hybridized carbons (Fsp3) is 0.904. The fourth-order valence-electron chi connectivity index (χ4n) is 15.7. The molecule has 416 valence electrons. The first kappa shape index (κ1) is 55.9. The summed E-state index contributed by atoms with van der Waals surface area (Å²) in [4.78, 5) is 14.4. The maximum atomic E-state index is 14.4. The minimum atomic E-state index is -1.86. The van der Waals surface area contributed by atoms with Crippen LogP contribution in [0.25, 0.3) is 0 Å². The second kappa shape index (κ2) is 20.8. The van der Waals surface area contributed by atoms with Gasteiger partial charge < -0.3 is 99.2 Å². The fourth-order valence-corrected chi connectivity index (χ4v) is 15.7. The molecule has 73 heavy (non-hydrogen) atoms. The monoisotopic (exact) mass is 1040 g/mol. The van der Waals surface area contributed by atoms with E-state index in [2.05, 4.69) is 47.3 Å². The Kier molecular flexibility index (Phi) is 15.9. The van der Waals surface area contributed by atoms with Crippen molar-refractivity contribution in [2.24, 2.45) is 51.2 Å². The number of esters is 1. The summed E-state index contributed by atoms with van der Waals surface area (Å²) in [5.74, 6) is -0.749. The van der Waals surface area contributed by atoms with Crippen LogP contribution in [0.15, 0.2) is 23.8 Å². The van der Waals surface area contributed by atoms with Crippen LogP contribution in [0.2, 0.25) is 0 Å². The van der Waals surface area contributed by atoms with E-state index < -0.39 is 142 Å². The Morgan fingerprint density at radius 1 is 0.685 bits per heavy atom. The Morgan fingerprint density at radius 3 is 2.05 bits per heavy atom. The van der Waals surface area contributed by atoms with Crippen LogP contribution in [0.5, 0.6) is 0 Å². The van der Waals surface area contributed by atoms with E-state index in [1.807, 2.05) is 0 Å². The lowest BCUT2D eigenvalue weighted by atomic mass is 9.34. The van der Waals surface area contributed by atoms with Gasteiger partial charge in [-0.1, -0.05) is 58.4 Å². The maximum Gasteiger partial charge on any atom is 0.311 e. The Bertz CT molecular complexity index is 2020. The van der Waals surface area contributed by atoms with Crippen molar-refractivity contribution in [3.8, 4) is 0 Å². The largest absolute Gasteiger partial charge is 0.432 e. The molecule has 12 N–H and O–H groups in total. The van der Waals surface area contributed by atoms with E-state index in [4.69, 9.17) is 37.9 Å². The quantitative estimate of drug-likeness (QED) is 0.0711. The highest BCUT2D eigenvalue weighted by Crippen LogP contribution is 2.74. The molecule has 21 nitrogen and oxygen atoms in total. The van der Waals surface area contributed by atoms with Crippen LogP contribution < -0.4 is 0 Å². The summed E-state index contributed by atoms with van der Waals surface area (Å²) >= 11 is 0. The van der Waals surface area contributed by atoms with E-state index in [9.17, 15) is 66.1 Å². The molecule has 0 aromatic rings. The van der Waals surface area contributed by atoms with Gasteiger partial charge in [0.25, 0.3) is 0 Å². The van der Waals surface area contributed by atoms with E-state index in [1.165, 1.54) is 12.5 Å². The molecule has 21 heteroatoms. The lowest BCUT2D eigenvalue weighted by Crippen LogP contribution is -2.65. The molecule has 4 saturated heterocycles. The van der Waals surface area contributed by atoms with E-state index in [-0.39, 0.29) is 46.2 Å². The second-order valence-corrected chi connectivity index (χ2v) is 24.4. The molecule has 8 fully saturated rings. The van der Waals surface area contributed by atoms with Crippen molar-refractivity contribution >= 4 is 5.97 Å². The van der Waals surface area contributed by atoms with Crippen molar-refractivity contribution in [3.63, 3.8) is 0 Å². The predicted molar refractivity (Wildman–Crippen MR) is 251 cm³/mol. The second-order valence-electron chi connectivity index (χ2n) is 24.4. The molecule has 0 aromatic carbocycles. The summed E-state index contributed by atoms with van der Waals surface area (Å²) in [6, 6.07) is 0. The maximum absolute atomic E-state index is 14.4. The first-order valence-electron chi connectivity index (χ1n) is 26.5. The van der Waals surface area contributed by atoms with Gasteiger partial charge >= 0.3 is 5.97 Å². The minimum Gasteiger partial charge on any atom is -0.432 e. The molecular formula is C52H82O21. The number of allylic oxidation sites excluding steroid dienone is 3. The van der Waals surface area contributed by atoms with Gasteiger partial charge in [0.15, 0.2) is 18.9 Å². The smallest absolute Gasteiger partial charge is 0.311 e. The zero-order chi connectivity index (χ0) is 53.0. The highest BCUT2D eigenvalue weighted by molar-refractivity contribution is 5.74. The molecule has 0 radical (unpaired) electrons. The van der Waals surface area contributed by atoms with Gasteiger partial charge in [0, 0.05) is 0 Å². The van der Waals surface area contributed by atoms with E-state index in [0.29, 0.717) is 24.7 Å². The predicted octanol–water partition coefficient (Wildman–Crippen LogP) is -0.983. The van der Waals surface area contributed by atoms with Crippen LogP contribution in [0.3, 0.4) is 0 Å². The molecule has 5 aliphatic carbocycles. The van der Waals surface area contributed by atoms with Crippen molar-refractivity contribution < 1.29 is 104 Å². The molecule has 0 aromatic heterocycles. The average molecular weight is 1040 g/mol. The van der Waals surface area contributed by atoms with Crippen LogP contribution in [0, 0.1) is 51.2 Å². The molecule has 0 bridgehead atoms. The number of carbonyl (C=O) groups excluding carboxylic acids is 1. The summed E-state index contributed by atoms with van der Waals surface area (Å²) in [5.41, 5.74) is 1.66. The first-order valence-corrected chi connectivity index (χ1v) is 26.5. The molecule has 0 spiro atoms. The van der Waals surface area contributed by atoms with Gasteiger partial charge in [0.05, 0.1) is 37.9 Å². The molecule has 4 aliphatic heterocycles. The third-order valence-corrected chi connectivity index (χ3v) is 20.2. The lowest BCUT2D eigenvalue weighted by Gasteiger charge is -2.70. The normalized spacial score (nSPS) is 54.0. The van der Waals surface area contributed by atoms with Crippen LogP contribution in [0.1, 0.15) is 99.3 Å².